The van der Waals surface area contributed by atoms with E-state index in [2.05, 4.69) is 185 Å². The zero-order valence-corrected chi connectivity index (χ0v) is 28.5. The van der Waals surface area contributed by atoms with Gasteiger partial charge >= 0.3 is 6.92 Å². The number of benzene rings is 8. The first-order valence-electron chi connectivity index (χ1n) is 18.1. The average Bonchev–Trinajstić information content (AvgIpc) is 3.74. The Morgan fingerprint density at radius 3 is 1.60 bits per heavy atom. The largest absolute Gasteiger partial charge is 0.551 e. The highest BCUT2D eigenvalue weighted by molar-refractivity contribution is 6.84. The van der Waals surface area contributed by atoms with E-state index < -0.39 is 0 Å². The zero-order chi connectivity index (χ0) is 34.6. The number of para-hydroxylation sites is 6. The minimum Gasteiger partial charge on any atom is -0.551 e. The Labute approximate surface area is 305 Å². The van der Waals surface area contributed by atoms with Crippen molar-refractivity contribution in [3.8, 4) is 50.9 Å². The van der Waals surface area contributed by atoms with E-state index in [9.17, 15) is 0 Å². The Hall–Kier alpha value is -6.98. The third-order valence-corrected chi connectivity index (χ3v) is 11.2. The lowest BCUT2D eigenvalue weighted by molar-refractivity contribution is 0.479. The summed E-state index contributed by atoms with van der Waals surface area (Å²) in [5.74, 6) is 2.51. The van der Waals surface area contributed by atoms with Crippen molar-refractivity contribution in [2.75, 3.05) is 0 Å². The van der Waals surface area contributed by atoms with Gasteiger partial charge < -0.3 is 18.5 Å². The van der Waals surface area contributed by atoms with Crippen LogP contribution in [0, 0.1) is 0 Å². The van der Waals surface area contributed by atoms with Crippen LogP contribution < -0.4 is 20.3 Å². The first-order valence-corrected chi connectivity index (χ1v) is 18.1. The highest BCUT2D eigenvalue weighted by Gasteiger charge is 2.41. The number of fused-ring (bicyclic) bond motifs is 10. The van der Waals surface area contributed by atoms with E-state index in [1.54, 1.807) is 0 Å². The number of hydrogen-bond donors (Lipinski definition) is 0. The molecule has 0 N–H and O–H groups in total. The lowest BCUT2D eigenvalue weighted by Gasteiger charge is -2.33. The van der Waals surface area contributed by atoms with Crippen LogP contribution in [0.25, 0.3) is 77.2 Å². The molecule has 4 heterocycles. The molecule has 0 radical (unpaired) electrons. The number of ether oxygens (including phenoxy) is 1. The highest BCUT2D eigenvalue weighted by Crippen LogP contribution is 2.43. The molecule has 246 valence electrons. The standard InChI is InChI=1S/C48H29BN2O2/c1-7-19-40(51-43-22-10-4-16-35(43)36-17-5-11-23-44(36)51)32(13-1)30-25-26-46-39(27-30)49-48-38(37-18-6-12-24-45(37)53-49)28-31(29-47(48)52-46)50-41-20-8-2-14-33(41)34-15-3-9-21-42(34)50/h1-29H. The molecule has 2 aliphatic heterocycles. The molecule has 0 amide bonds. The minimum absolute atomic E-state index is 0.328. The quantitative estimate of drug-likeness (QED) is 0.174. The van der Waals surface area contributed by atoms with E-state index >= 15 is 0 Å². The van der Waals surface area contributed by atoms with Gasteiger partial charge in [-0.1, -0.05) is 121 Å². The molecular weight excluding hydrogens is 647 g/mol. The fourth-order valence-electron chi connectivity index (χ4n) is 8.94. The van der Waals surface area contributed by atoms with Gasteiger partial charge in [0.05, 0.1) is 33.4 Å². The summed E-state index contributed by atoms with van der Waals surface area (Å²) < 4.78 is 18.6. The van der Waals surface area contributed by atoms with Crippen LogP contribution in [0.2, 0.25) is 0 Å². The Kier molecular flexibility index (Phi) is 5.83. The average molecular weight is 677 g/mol. The Morgan fingerprint density at radius 2 is 0.943 bits per heavy atom. The smallest absolute Gasteiger partial charge is 0.434 e. The normalized spacial score (nSPS) is 12.8. The molecule has 0 saturated heterocycles. The minimum atomic E-state index is -0.328. The molecule has 0 atom stereocenters. The summed E-state index contributed by atoms with van der Waals surface area (Å²) in [5, 5.41) is 4.96. The van der Waals surface area contributed by atoms with Crippen LogP contribution in [-0.4, -0.2) is 16.0 Å². The highest BCUT2D eigenvalue weighted by atomic mass is 16.5. The van der Waals surface area contributed by atoms with Crippen molar-refractivity contribution in [2.24, 2.45) is 0 Å². The molecule has 5 heteroatoms. The van der Waals surface area contributed by atoms with Crippen LogP contribution in [0.1, 0.15) is 0 Å². The maximum Gasteiger partial charge on any atom is 0.434 e. The van der Waals surface area contributed by atoms with E-state index in [1.165, 1.54) is 43.6 Å². The number of rotatable bonds is 3. The lowest BCUT2D eigenvalue weighted by atomic mass is 9.50. The molecular formula is C48H29BN2O2. The molecule has 0 spiro atoms. The molecule has 53 heavy (non-hydrogen) atoms. The van der Waals surface area contributed by atoms with Gasteiger partial charge in [0.25, 0.3) is 0 Å². The monoisotopic (exact) mass is 676 g/mol. The SMILES string of the molecule is c1ccc2c(c1)OB1c3cc(-c4ccccc4-n4c5ccccc5c5ccccc54)ccc3Oc3cc(-n4c5ccccc5c5ccccc54)cc-2c31. The second-order valence-electron chi connectivity index (χ2n) is 14.0. The molecule has 4 nitrogen and oxygen atoms in total. The summed E-state index contributed by atoms with van der Waals surface area (Å²) in [5.41, 5.74) is 13.4. The van der Waals surface area contributed by atoms with Crippen LogP contribution >= 0.6 is 0 Å². The molecule has 10 aromatic rings. The summed E-state index contributed by atoms with van der Waals surface area (Å²) >= 11 is 0. The van der Waals surface area contributed by atoms with Gasteiger partial charge in [0.2, 0.25) is 0 Å². The number of aromatic nitrogens is 2. The summed E-state index contributed by atoms with van der Waals surface area (Å²) in [7, 11) is 0. The van der Waals surface area contributed by atoms with E-state index in [0.29, 0.717) is 0 Å². The summed E-state index contributed by atoms with van der Waals surface area (Å²) in [6.07, 6.45) is 0. The van der Waals surface area contributed by atoms with Crippen molar-refractivity contribution in [1.29, 1.82) is 0 Å². The molecule has 0 bridgehead atoms. The molecule has 8 aromatic carbocycles. The molecule has 2 aliphatic rings. The predicted octanol–water partition coefficient (Wildman–Crippen LogP) is 10.8. The van der Waals surface area contributed by atoms with Gasteiger partial charge in [-0.15, -0.1) is 0 Å². The maximum atomic E-state index is 6.95. The number of hydrogen-bond acceptors (Lipinski definition) is 2. The summed E-state index contributed by atoms with van der Waals surface area (Å²) in [4.78, 5) is 0. The second-order valence-corrected chi connectivity index (χ2v) is 14.0. The Balaban J connectivity index is 1.06. The summed E-state index contributed by atoms with van der Waals surface area (Å²) in [6.45, 7) is -0.328. The van der Waals surface area contributed by atoms with Gasteiger partial charge in [-0.25, -0.2) is 0 Å². The van der Waals surface area contributed by atoms with Gasteiger partial charge in [0.1, 0.15) is 17.2 Å². The van der Waals surface area contributed by atoms with Crippen LogP contribution in [0.15, 0.2) is 176 Å². The molecule has 0 unspecified atom stereocenters. The molecule has 12 rings (SSSR count). The van der Waals surface area contributed by atoms with Gasteiger partial charge in [0, 0.05) is 49.7 Å². The van der Waals surface area contributed by atoms with Gasteiger partial charge in [-0.05, 0) is 59.7 Å². The van der Waals surface area contributed by atoms with Crippen molar-refractivity contribution in [1.82, 2.24) is 9.13 Å². The first-order chi connectivity index (χ1) is 26.3. The zero-order valence-electron chi connectivity index (χ0n) is 28.5. The second kappa shape index (κ2) is 10.8. The van der Waals surface area contributed by atoms with Crippen molar-refractivity contribution >= 4 is 61.5 Å². The molecule has 0 fully saturated rings. The van der Waals surface area contributed by atoms with Gasteiger partial charge in [-0.3, -0.25) is 0 Å². The van der Waals surface area contributed by atoms with Crippen LogP contribution in [0.3, 0.4) is 0 Å². The summed E-state index contributed by atoms with van der Waals surface area (Å²) in [6, 6.07) is 62.8. The fraction of sp³-hybridized carbons (Fsp3) is 0. The van der Waals surface area contributed by atoms with Crippen LogP contribution in [0.5, 0.6) is 17.2 Å². The maximum absolute atomic E-state index is 6.95. The van der Waals surface area contributed by atoms with E-state index in [1.807, 2.05) is 0 Å². The Bertz CT molecular complexity index is 3050. The van der Waals surface area contributed by atoms with Gasteiger partial charge in [-0.2, -0.15) is 0 Å². The molecule has 2 aromatic heterocycles. The third kappa shape index (κ3) is 4.02. The molecule has 0 aliphatic carbocycles. The van der Waals surface area contributed by atoms with E-state index in [-0.39, 0.29) is 6.92 Å². The third-order valence-electron chi connectivity index (χ3n) is 11.2. The van der Waals surface area contributed by atoms with Gasteiger partial charge in [0.15, 0.2) is 0 Å². The predicted molar refractivity (Wildman–Crippen MR) is 218 cm³/mol. The van der Waals surface area contributed by atoms with Crippen LogP contribution in [-0.2, 0) is 0 Å². The van der Waals surface area contributed by atoms with Crippen molar-refractivity contribution in [2.45, 2.75) is 0 Å². The van der Waals surface area contributed by atoms with E-state index in [0.717, 1.165) is 61.8 Å². The van der Waals surface area contributed by atoms with Crippen molar-refractivity contribution < 1.29 is 9.39 Å². The Morgan fingerprint density at radius 1 is 0.396 bits per heavy atom. The van der Waals surface area contributed by atoms with Crippen molar-refractivity contribution in [3.63, 3.8) is 0 Å². The topological polar surface area (TPSA) is 28.3 Å². The lowest BCUT2D eigenvalue weighted by Crippen LogP contribution is -2.53. The first kappa shape index (κ1) is 28.7. The number of nitrogens with zero attached hydrogens (tertiary/aromatic N) is 2. The van der Waals surface area contributed by atoms with Crippen molar-refractivity contribution in [3.05, 3.63) is 176 Å². The van der Waals surface area contributed by atoms with Crippen LogP contribution in [0.4, 0.5) is 0 Å². The fourth-order valence-corrected chi connectivity index (χ4v) is 8.94. The molecule has 0 saturated carbocycles. The van der Waals surface area contributed by atoms with E-state index in [4.69, 9.17) is 9.39 Å².